The number of pyridine rings is 1. The maximum atomic E-state index is 13.3. The predicted octanol–water partition coefficient (Wildman–Crippen LogP) is 2.76. The molecule has 1 unspecified atom stereocenters. The molecule has 0 bridgehead atoms. The van der Waals surface area contributed by atoms with Crippen LogP contribution in [0.3, 0.4) is 0 Å². The molecule has 0 spiro atoms. The highest BCUT2D eigenvalue weighted by Crippen LogP contribution is 2.30. The highest BCUT2D eigenvalue weighted by Gasteiger charge is 2.38. The lowest BCUT2D eigenvalue weighted by Gasteiger charge is -2.46. The summed E-state index contributed by atoms with van der Waals surface area (Å²) in [5.74, 6) is 0.674. The highest BCUT2D eigenvalue weighted by molar-refractivity contribution is 5.96. The molecule has 0 N–H and O–H groups in total. The van der Waals surface area contributed by atoms with Crippen molar-refractivity contribution in [2.45, 2.75) is 25.7 Å². The number of fused-ring (bicyclic) bond motifs is 4. The van der Waals surface area contributed by atoms with E-state index in [1.54, 1.807) is 22.8 Å². The van der Waals surface area contributed by atoms with Crippen LogP contribution in [0.4, 0.5) is 0 Å². The fourth-order valence-corrected chi connectivity index (χ4v) is 4.18. The minimum atomic E-state index is -0.307. The van der Waals surface area contributed by atoms with E-state index in [4.69, 9.17) is 9.47 Å². The first-order chi connectivity index (χ1) is 15.1. The van der Waals surface area contributed by atoms with E-state index in [2.05, 4.69) is 5.01 Å². The number of carbonyl (C=O) groups excluding carboxylic acids is 1. The molecular weight excluding hydrogens is 394 g/mol. The molecule has 7 nitrogen and oxygen atoms in total. The Hall–Kier alpha value is -3.74. The van der Waals surface area contributed by atoms with Gasteiger partial charge in [-0.1, -0.05) is 48.5 Å². The van der Waals surface area contributed by atoms with E-state index >= 15 is 0 Å². The summed E-state index contributed by atoms with van der Waals surface area (Å²) in [7, 11) is 1.76. The number of nitrogens with zero attached hydrogens (tertiary/aromatic N) is 3. The number of benzene rings is 2. The first-order valence-corrected chi connectivity index (χ1v) is 10.3. The van der Waals surface area contributed by atoms with Gasteiger partial charge in [0.2, 0.25) is 5.43 Å². The molecule has 7 heteroatoms. The third kappa shape index (κ3) is 3.42. The van der Waals surface area contributed by atoms with Gasteiger partial charge in [-0.05, 0) is 11.6 Å². The van der Waals surface area contributed by atoms with Crippen LogP contribution in [-0.2, 0) is 13.2 Å². The molecule has 0 aliphatic carbocycles. The van der Waals surface area contributed by atoms with Gasteiger partial charge < -0.3 is 14.4 Å². The number of ether oxygens (including phenoxy) is 2. The summed E-state index contributed by atoms with van der Waals surface area (Å²) in [6.45, 7) is 1.24. The van der Waals surface area contributed by atoms with Gasteiger partial charge in [0.15, 0.2) is 11.4 Å². The number of hydrogen-bond acceptors (Lipinski definition) is 5. The third-order valence-electron chi connectivity index (χ3n) is 5.79. The van der Waals surface area contributed by atoms with Crippen LogP contribution in [0.2, 0.25) is 0 Å². The molecule has 158 valence electrons. The largest absolute Gasteiger partial charge is 0.493 e. The second-order valence-electron chi connectivity index (χ2n) is 7.72. The Morgan fingerprint density at radius 1 is 1.03 bits per heavy atom. The van der Waals surface area contributed by atoms with Gasteiger partial charge in [0.1, 0.15) is 18.5 Å². The molecule has 0 saturated carbocycles. The van der Waals surface area contributed by atoms with Crippen molar-refractivity contribution in [3.63, 3.8) is 0 Å². The molecule has 2 aliphatic heterocycles. The van der Waals surface area contributed by atoms with E-state index in [0.717, 1.165) is 16.9 Å². The van der Waals surface area contributed by atoms with Crippen LogP contribution in [0, 0.1) is 0 Å². The number of aromatic nitrogens is 1. The van der Waals surface area contributed by atoms with Crippen LogP contribution in [0.15, 0.2) is 71.7 Å². The molecule has 31 heavy (non-hydrogen) atoms. The zero-order chi connectivity index (χ0) is 21.4. The summed E-state index contributed by atoms with van der Waals surface area (Å²) in [5, 5.41) is 2.09. The van der Waals surface area contributed by atoms with E-state index in [-0.39, 0.29) is 35.6 Å². The zero-order valence-corrected chi connectivity index (χ0v) is 17.2. The molecule has 1 atom stereocenters. The maximum absolute atomic E-state index is 13.3. The van der Waals surface area contributed by atoms with Crippen molar-refractivity contribution in [2.75, 3.05) is 18.7 Å². The predicted molar refractivity (Wildman–Crippen MR) is 116 cm³/mol. The third-order valence-corrected chi connectivity index (χ3v) is 5.79. The van der Waals surface area contributed by atoms with Crippen molar-refractivity contribution in [1.29, 1.82) is 0 Å². The Balaban J connectivity index is 1.58. The smallest absolute Gasteiger partial charge is 0.277 e. The van der Waals surface area contributed by atoms with E-state index in [1.807, 2.05) is 54.6 Å². The quantitative estimate of drug-likeness (QED) is 0.656. The molecule has 1 amide bonds. The van der Waals surface area contributed by atoms with Crippen LogP contribution in [0.25, 0.3) is 0 Å². The van der Waals surface area contributed by atoms with Gasteiger partial charge in [-0.25, -0.2) is 0 Å². The van der Waals surface area contributed by atoms with Gasteiger partial charge in [0.05, 0.1) is 13.2 Å². The van der Waals surface area contributed by atoms with Crippen molar-refractivity contribution >= 4 is 5.91 Å². The molecular formula is C24H23N3O4. The standard InChI is InChI=1S/C24H23N3O4/c1-25-21-12-14-30-20-10-6-5-9-18(20)15-27(21)26-13-11-19(28)23(22(26)24(25)29)31-16-17-7-3-2-4-8-17/h2-11,13,21H,12,14-16H2,1H3. The Kier molecular flexibility index (Phi) is 4.86. The molecule has 2 aliphatic rings. The van der Waals surface area contributed by atoms with Crippen molar-refractivity contribution in [2.24, 2.45) is 0 Å². The van der Waals surface area contributed by atoms with E-state index in [9.17, 15) is 9.59 Å². The number of hydrogen-bond donors (Lipinski definition) is 0. The van der Waals surface area contributed by atoms with Gasteiger partial charge in [-0.15, -0.1) is 0 Å². The molecule has 2 aromatic carbocycles. The fraction of sp³-hybridized carbons (Fsp3) is 0.250. The maximum Gasteiger partial charge on any atom is 0.277 e. The van der Waals surface area contributed by atoms with Crippen molar-refractivity contribution < 1.29 is 14.3 Å². The van der Waals surface area contributed by atoms with Crippen LogP contribution < -0.4 is 19.9 Å². The molecule has 0 radical (unpaired) electrons. The normalized spacial score (nSPS) is 17.6. The van der Waals surface area contributed by atoms with Gasteiger partial charge >= 0.3 is 0 Å². The summed E-state index contributed by atoms with van der Waals surface area (Å²) in [6, 6.07) is 18.9. The average Bonchev–Trinajstić information content (AvgIpc) is 2.78. The van der Waals surface area contributed by atoms with Gasteiger partial charge in [-0.2, -0.15) is 0 Å². The molecule has 3 heterocycles. The lowest BCUT2D eigenvalue weighted by atomic mass is 10.1. The first kappa shape index (κ1) is 19.2. The second kappa shape index (κ2) is 7.83. The van der Waals surface area contributed by atoms with Gasteiger partial charge in [0, 0.05) is 31.3 Å². The van der Waals surface area contributed by atoms with Gasteiger partial charge in [0.25, 0.3) is 5.91 Å². The SMILES string of the molecule is CN1C(=O)c2c(OCc3ccccc3)c(=O)ccn2N2Cc3ccccc3OCCC12. The van der Waals surface area contributed by atoms with Gasteiger partial charge in [-0.3, -0.25) is 19.3 Å². The van der Waals surface area contributed by atoms with E-state index in [1.165, 1.54) is 6.07 Å². The minimum Gasteiger partial charge on any atom is -0.493 e. The number of rotatable bonds is 3. The number of para-hydroxylation sites is 1. The topological polar surface area (TPSA) is 64.0 Å². The van der Waals surface area contributed by atoms with E-state index in [0.29, 0.717) is 19.6 Å². The van der Waals surface area contributed by atoms with E-state index < -0.39 is 0 Å². The number of carbonyl (C=O) groups is 1. The van der Waals surface area contributed by atoms with Crippen LogP contribution in [0.5, 0.6) is 11.5 Å². The lowest BCUT2D eigenvalue weighted by Crippen LogP contribution is -2.60. The summed E-state index contributed by atoms with van der Waals surface area (Å²) in [6.07, 6.45) is 2.11. The lowest BCUT2D eigenvalue weighted by molar-refractivity contribution is 0.0583. The zero-order valence-electron chi connectivity index (χ0n) is 17.2. The monoisotopic (exact) mass is 417 g/mol. The Morgan fingerprint density at radius 2 is 1.81 bits per heavy atom. The van der Waals surface area contributed by atoms with Crippen LogP contribution >= 0.6 is 0 Å². The average molecular weight is 417 g/mol. The molecule has 0 fully saturated rings. The first-order valence-electron chi connectivity index (χ1n) is 10.3. The summed E-state index contributed by atoms with van der Waals surface area (Å²) in [5.41, 5.74) is 1.89. The molecule has 0 saturated heterocycles. The van der Waals surface area contributed by atoms with Crippen LogP contribution in [-0.4, -0.2) is 35.3 Å². The molecule has 3 aromatic rings. The number of amides is 1. The molecule has 1 aromatic heterocycles. The Labute approximate surface area is 180 Å². The Morgan fingerprint density at radius 3 is 2.65 bits per heavy atom. The van der Waals surface area contributed by atoms with Crippen molar-refractivity contribution in [3.8, 4) is 11.5 Å². The van der Waals surface area contributed by atoms with Crippen LogP contribution in [0.1, 0.15) is 28.0 Å². The second-order valence-corrected chi connectivity index (χ2v) is 7.72. The fourth-order valence-electron chi connectivity index (χ4n) is 4.18. The Bertz CT molecular complexity index is 1170. The molecule has 5 rings (SSSR count). The summed E-state index contributed by atoms with van der Waals surface area (Å²) < 4.78 is 13.6. The highest BCUT2D eigenvalue weighted by atomic mass is 16.5. The summed E-state index contributed by atoms with van der Waals surface area (Å²) >= 11 is 0. The minimum absolute atomic E-state index is 0.0771. The van der Waals surface area contributed by atoms with Crippen molar-refractivity contribution in [3.05, 3.63) is 93.9 Å². The summed E-state index contributed by atoms with van der Waals surface area (Å²) in [4.78, 5) is 27.7. The van der Waals surface area contributed by atoms with Crippen molar-refractivity contribution in [1.82, 2.24) is 9.58 Å².